The van der Waals surface area contributed by atoms with E-state index in [1.807, 2.05) is 17.5 Å². The number of fused-ring (bicyclic) bond motifs is 1. The number of anilines is 2. The second kappa shape index (κ2) is 19.5. The minimum Gasteiger partial charge on any atom is -0.455 e. The van der Waals surface area contributed by atoms with Gasteiger partial charge in [-0.1, -0.05) is 19.4 Å². The van der Waals surface area contributed by atoms with Gasteiger partial charge < -0.3 is 25.0 Å². The highest BCUT2D eigenvalue weighted by molar-refractivity contribution is 7.90. The van der Waals surface area contributed by atoms with Crippen LogP contribution in [0.15, 0.2) is 95.0 Å². The number of hydrogen-bond acceptors (Lipinski definition) is 12. The SMILES string of the molecule is CC1(C)CCC(CN2CCN(c3ccc(C(=O)NS(=O)(=O)c4ccc(NCC5CCC(C)(O)CC5)c([N+](=O)[O-])c4)c(Oc4cnc5[nH]ccc5c4)c3)CC2)=C(c2cc(-c3cc(F)c(F)c(F)c3)cs2)C1. The number of carbonyl (C=O) groups excluding carboxylic acids is 1. The normalized spacial score (nSPS) is 19.9. The van der Waals surface area contributed by atoms with Crippen LogP contribution < -0.4 is 19.7 Å². The molecule has 70 heavy (non-hydrogen) atoms. The number of nitro groups is 1. The number of pyridine rings is 1. The molecule has 1 amide bonds. The predicted molar refractivity (Wildman–Crippen MR) is 264 cm³/mol. The number of nitrogens with zero attached hydrogens (tertiary/aromatic N) is 4. The lowest BCUT2D eigenvalue weighted by Crippen LogP contribution is -2.47. The number of H-pyrrole nitrogens is 1. The molecule has 1 saturated carbocycles. The summed E-state index contributed by atoms with van der Waals surface area (Å²) in [5.74, 6) is -4.40. The summed E-state index contributed by atoms with van der Waals surface area (Å²) in [5.41, 5.74) is 3.71. The number of aromatic nitrogens is 2. The highest BCUT2D eigenvalue weighted by Crippen LogP contribution is 2.46. The van der Waals surface area contributed by atoms with E-state index in [0.29, 0.717) is 62.5 Å². The van der Waals surface area contributed by atoms with Crippen molar-refractivity contribution in [2.45, 2.75) is 76.2 Å². The van der Waals surface area contributed by atoms with Gasteiger partial charge in [0.15, 0.2) is 17.5 Å². The van der Waals surface area contributed by atoms with Crippen molar-refractivity contribution in [3.63, 3.8) is 0 Å². The fourth-order valence-corrected chi connectivity index (χ4v) is 11.6. The first-order chi connectivity index (χ1) is 33.3. The molecule has 6 aromatic rings. The third kappa shape index (κ3) is 10.9. The lowest BCUT2D eigenvalue weighted by molar-refractivity contribution is -0.384. The lowest BCUT2D eigenvalue weighted by atomic mass is 9.73. The topological polar surface area (TPSA) is 183 Å². The molecule has 0 atom stereocenters. The molecule has 368 valence electrons. The Kier molecular flexibility index (Phi) is 13.6. The monoisotopic (exact) mass is 997 g/mol. The van der Waals surface area contributed by atoms with Crippen molar-refractivity contribution in [3.8, 4) is 22.6 Å². The number of aliphatic hydroxyl groups is 1. The Labute approximate surface area is 407 Å². The van der Waals surface area contributed by atoms with E-state index in [-0.39, 0.29) is 33.9 Å². The summed E-state index contributed by atoms with van der Waals surface area (Å²) in [6, 6.07) is 15.9. The van der Waals surface area contributed by atoms with Gasteiger partial charge in [0.05, 0.1) is 27.2 Å². The van der Waals surface area contributed by atoms with Gasteiger partial charge >= 0.3 is 0 Å². The third-order valence-electron chi connectivity index (χ3n) is 13.8. The number of allylic oxidation sites excluding steroid dienone is 1. The Morgan fingerprint density at radius 1 is 0.971 bits per heavy atom. The molecule has 1 aliphatic heterocycles. The van der Waals surface area contributed by atoms with Gasteiger partial charge in [0, 0.05) is 73.5 Å². The number of hydrogen-bond donors (Lipinski definition) is 4. The number of sulfonamides is 1. The molecule has 4 heterocycles. The summed E-state index contributed by atoms with van der Waals surface area (Å²) < 4.78 is 78.0. The fraction of sp³-hybridized carbons (Fsp3) is 0.373. The molecule has 1 saturated heterocycles. The number of carbonyl (C=O) groups is 1. The van der Waals surface area contributed by atoms with E-state index in [9.17, 15) is 41.6 Å². The molecule has 4 N–H and O–H groups in total. The Morgan fingerprint density at radius 2 is 1.71 bits per heavy atom. The maximum atomic E-state index is 14.2. The van der Waals surface area contributed by atoms with Gasteiger partial charge in [-0.25, -0.2) is 31.3 Å². The van der Waals surface area contributed by atoms with Gasteiger partial charge in [0.2, 0.25) is 0 Å². The van der Waals surface area contributed by atoms with Crippen LogP contribution in [0.5, 0.6) is 11.5 Å². The minimum absolute atomic E-state index is 0.0522. The van der Waals surface area contributed by atoms with Gasteiger partial charge in [0.1, 0.15) is 22.8 Å². The molecule has 3 aromatic heterocycles. The molecular formula is C51H54F3N7O7S2. The van der Waals surface area contributed by atoms with Crippen LogP contribution in [0.25, 0.3) is 27.7 Å². The number of aromatic amines is 1. The highest BCUT2D eigenvalue weighted by Gasteiger charge is 2.32. The molecule has 14 nitrogen and oxygen atoms in total. The Bertz CT molecular complexity index is 3090. The van der Waals surface area contributed by atoms with Crippen molar-refractivity contribution in [1.29, 1.82) is 0 Å². The van der Waals surface area contributed by atoms with Crippen LogP contribution in [-0.4, -0.2) is 84.1 Å². The van der Waals surface area contributed by atoms with Crippen LogP contribution >= 0.6 is 11.3 Å². The predicted octanol–water partition coefficient (Wildman–Crippen LogP) is 10.7. The largest absolute Gasteiger partial charge is 0.455 e. The van der Waals surface area contributed by atoms with E-state index in [0.717, 1.165) is 72.8 Å². The third-order valence-corrected chi connectivity index (χ3v) is 16.1. The van der Waals surface area contributed by atoms with E-state index in [2.05, 4.69) is 43.7 Å². The molecule has 19 heteroatoms. The lowest BCUT2D eigenvalue weighted by Gasteiger charge is -2.39. The van der Waals surface area contributed by atoms with Crippen LogP contribution in [0.3, 0.4) is 0 Å². The number of nitro benzene ring substituents is 1. The quantitative estimate of drug-likeness (QED) is 0.0463. The average Bonchev–Trinajstić information content (AvgIpc) is 4.01. The smallest absolute Gasteiger partial charge is 0.293 e. The Morgan fingerprint density at radius 3 is 2.44 bits per heavy atom. The first-order valence-electron chi connectivity index (χ1n) is 23.3. The second-order valence-electron chi connectivity index (χ2n) is 19.7. The molecule has 0 spiro atoms. The molecule has 0 unspecified atom stereocenters. The second-order valence-corrected chi connectivity index (χ2v) is 22.3. The molecular weight excluding hydrogens is 944 g/mol. The molecule has 0 radical (unpaired) electrons. The number of amides is 1. The number of benzene rings is 3. The van der Waals surface area contributed by atoms with Gasteiger partial charge in [-0.15, -0.1) is 11.3 Å². The van der Waals surface area contributed by atoms with E-state index in [1.54, 1.807) is 31.3 Å². The average molecular weight is 998 g/mol. The first kappa shape index (κ1) is 48.7. The zero-order chi connectivity index (χ0) is 49.5. The maximum Gasteiger partial charge on any atom is 0.293 e. The van der Waals surface area contributed by atoms with Crippen LogP contribution in [0.2, 0.25) is 0 Å². The van der Waals surface area contributed by atoms with Crippen LogP contribution in [-0.2, 0) is 10.0 Å². The van der Waals surface area contributed by atoms with Crippen molar-refractivity contribution >= 4 is 60.9 Å². The van der Waals surface area contributed by atoms with Crippen molar-refractivity contribution in [2.24, 2.45) is 11.3 Å². The zero-order valence-electron chi connectivity index (χ0n) is 39.0. The van der Waals surface area contributed by atoms with Crippen LogP contribution in [0.4, 0.5) is 30.2 Å². The first-order valence-corrected chi connectivity index (χ1v) is 25.6. The van der Waals surface area contributed by atoms with E-state index in [1.165, 1.54) is 46.9 Å². The van der Waals surface area contributed by atoms with Gasteiger partial charge in [-0.3, -0.25) is 19.8 Å². The molecule has 3 aromatic carbocycles. The fourth-order valence-electron chi connectivity index (χ4n) is 9.63. The summed E-state index contributed by atoms with van der Waals surface area (Å²) in [6.07, 6.45) is 8.67. The number of rotatable bonds is 14. The minimum atomic E-state index is -4.62. The maximum absolute atomic E-state index is 14.2. The Balaban J connectivity index is 0.916. The summed E-state index contributed by atoms with van der Waals surface area (Å²) in [7, 11) is -4.62. The van der Waals surface area contributed by atoms with Crippen LogP contribution in [0, 0.1) is 38.9 Å². The van der Waals surface area contributed by atoms with Gasteiger partial charge in [-0.05, 0) is 140 Å². The number of nitrogens with one attached hydrogen (secondary N) is 3. The number of ether oxygens (including phenoxy) is 1. The molecule has 0 bridgehead atoms. The summed E-state index contributed by atoms with van der Waals surface area (Å²) in [5, 5.41) is 28.2. The highest BCUT2D eigenvalue weighted by atomic mass is 32.2. The van der Waals surface area contributed by atoms with Crippen molar-refractivity contribution in [2.75, 3.05) is 49.5 Å². The summed E-state index contributed by atoms with van der Waals surface area (Å²) in [6.45, 7) is 10.1. The molecule has 2 fully saturated rings. The van der Waals surface area contributed by atoms with E-state index < -0.39 is 54.5 Å². The number of piperazine rings is 1. The van der Waals surface area contributed by atoms with Gasteiger partial charge in [-0.2, -0.15) is 0 Å². The molecule has 2 aliphatic carbocycles. The van der Waals surface area contributed by atoms with Gasteiger partial charge in [0.25, 0.3) is 21.6 Å². The van der Waals surface area contributed by atoms with E-state index in [4.69, 9.17) is 4.74 Å². The Hall–Kier alpha value is -6.28. The number of halogens is 3. The molecule has 3 aliphatic rings. The van der Waals surface area contributed by atoms with Crippen molar-refractivity contribution in [3.05, 3.63) is 128 Å². The summed E-state index contributed by atoms with van der Waals surface area (Å²) >= 11 is 1.51. The number of thiophene rings is 1. The van der Waals surface area contributed by atoms with Crippen LogP contribution in [0.1, 0.15) is 81.0 Å². The van der Waals surface area contributed by atoms with Crippen molar-refractivity contribution in [1.82, 2.24) is 19.6 Å². The van der Waals surface area contributed by atoms with Crippen molar-refractivity contribution < 1.29 is 41.2 Å². The zero-order valence-corrected chi connectivity index (χ0v) is 40.6. The van der Waals surface area contributed by atoms with E-state index >= 15 is 0 Å². The summed E-state index contributed by atoms with van der Waals surface area (Å²) in [4.78, 5) is 38.0. The standard InChI is InChI=1S/C51H54F3N7O7S2/c1-50(2)12-10-33(40(26-50)46-23-35(30-69-46)34-21-41(52)47(54)42(53)22-34)29-59-16-18-60(19-17-59)36-4-6-39(45(24-36)68-37-20-32-11-15-55-48(32)57-28-37)49(62)58-70(66,67)38-5-7-43(44(25-38)61(64)65)56-27-31-8-13-51(3,63)14-9-31/h4-7,11,15,20-25,28,30-31,56,63H,8-10,12-14,16-19,26-27,29H2,1-3H3,(H,55,57)(H,58,62). The molecule has 9 rings (SSSR count).